The van der Waals surface area contributed by atoms with Gasteiger partial charge in [0.05, 0.1) is 24.8 Å². The summed E-state index contributed by atoms with van der Waals surface area (Å²) in [6.07, 6.45) is 2.09. The highest BCUT2D eigenvalue weighted by Crippen LogP contribution is 2.60. The second-order valence-corrected chi connectivity index (χ2v) is 7.46. The third-order valence-corrected chi connectivity index (χ3v) is 5.97. The lowest BCUT2D eigenvalue weighted by Crippen LogP contribution is -2.01. The highest BCUT2D eigenvalue weighted by atomic mass is 32.2. The number of rotatable bonds is 7. The minimum absolute atomic E-state index is 0.0818. The van der Waals surface area contributed by atoms with Gasteiger partial charge in [0.1, 0.15) is 0 Å². The fourth-order valence-electron chi connectivity index (χ4n) is 1.86. The van der Waals surface area contributed by atoms with Gasteiger partial charge in [0.15, 0.2) is 5.44 Å². The summed E-state index contributed by atoms with van der Waals surface area (Å²) in [6, 6.07) is 9.99. The summed E-state index contributed by atoms with van der Waals surface area (Å²) in [5.41, 5.74) is -0.0818. The molecule has 0 saturated carbocycles. The molecule has 0 aliphatic carbocycles. The highest BCUT2D eigenvalue weighted by molar-refractivity contribution is 7.99. The average molecular weight is 314 g/mol. The van der Waals surface area contributed by atoms with E-state index in [1.54, 1.807) is 25.6 Å². The molecular formula is C14H19O4PS. The Bertz CT molecular complexity index is 493. The molecule has 0 bridgehead atoms. The minimum atomic E-state index is -3.19. The third-order valence-electron chi connectivity index (χ3n) is 2.69. The summed E-state index contributed by atoms with van der Waals surface area (Å²) >= 11 is 1.60. The topological polar surface area (TPSA) is 44.8 Å². The molecular weight excluding hydrogens is 295 g/mol. The largest absolute Gasteiger partial charge is 0.486 e. The summed E-state index contributed by atoms with van der Waals surface area (Å²) in [5, 5.41) is 0.620. The number of benzene rings is 1. The number of ether oxygens (including phenoxy) is 1. The monoisotopic (exact) mass is 314 g/mol. The molecule has 0 N–H and O–H groups in total. The van der Waals surface area contributed by atoms with Crippen LogP contribution in [0, 0.1) is 0 Å². The Kier molecular flexibility index (Phi) is 5.73. The van der Waals surface area contributed by atoms with Crippen LogP contribution in [-0.4, -0.2) is 18.6 Å². The third kappa shape index (κ3) is 3.89. The van der Waals surface area contributed by atoms with E-state index in [2.05, 4.69) is 0 Å². The Morgan fingerprint density at radius 3 is 2.50 bits per heavy atom. The summed E-state index contributed by atoms with van der Waals surface area (Å²) in [7, 11) is -3.19. The quantitative estimate of drug-likeness (QED) is 0.686. The van der Waals surface area contributed by atoms with Crippen molar-refractivity contribution in [1.29, 1.82) is 0 Å². The van der Waals surface area contributed by atoms with Crippen molar-refractivity contribution in [3.05, 3.63) is 41.9 Å². The van der Waals surface area contributed by atoms with E-state index in [-0.39, 0.29) is 5.44 Å². The first-order chi connectivity index (χ1) is 9.68. The molecule has 110 valence electrons. The molecule has 1 aliphatic heterocycles. The fraction of sp³-hybridized carbons (Fsp3) is 0.429. The SMILES string of the molecule is CCOP(=O)(OCC)C1=COC(Sc2ccccc2)C1. The first-order valence-electron chi connectivity index (χ1n) is 6.64. The van der Waals surface area contributed by atoms with Crippen molar-refractivity contribution in [1.82, 2.24) is 0 Å². The van der Waals surface area contributed by atoms with E-state index in [0.717, 1.165) is 4.90 Å². The molecule has 0 fully saturated rings. The molecule has 0 aromatic heterocycles. The van der Waals surface area contributed by atoms with Gasteiger partial charge in [0.2, 0.25) is 0 Å². The second-order valence-electron chi connectivity index (χ2n) is 4.14. The zero-order valence-corrected chi connectivity index (χ0v) is 13.4. The van der Waals surface area contributed by atoms with Crippen LogP contribution >= 0.6 is 19.4 Å². The fourth-order valence-corrected chi connectivity index (χ4v) is 4.64. The van der Waals surface area contributed by atoms with Crippen LogP contribution in [0.2, 0.25) is 0 Å². The normalized spacial score (nSPS) is 18.7. The molecule has 1 heterocycles. The molecule has 1 aliphatic rings. The van der Waals surface area contributed by atoms with Crippen molar-refractivity contribution in [3.8, 4) is 0 Å². The molecule has 1 unspecified atom stereocenters. The van der Waals surface area contributed by atoms with Crippen molar-refractivity contribution in [2.75, 3.05) is 13.2 Å². The van der Waals surface area contributed by atoms with Gasteiger partial charge in [-0.2, -0.15) is 0 Å². The molecule has 2 rings (SSSR count). The summed E-state index contributed by atoms with van der Waals surface area (Å²) in [5.74, 6) is 0. The zero-order valence-electron chi connectivity index (χ0n) is 11.7. The van der Waals surface area contributed by atoms with E-state index in [4.69, 9.17) is 13.8 Å². The number of thioether (sulfide) groups is 1. The Morgan fingerprint density at radius 1 is 1.25 bits per heavy atom. The Labute approximate surface area is 124 Å². The van der Waals surface area contributed by atoms with Crippen LogP contribution in [0.1, 0.15) is 20.3 Å². The van der Waals surface area contributed by atoms with Crippen LogP contribution in [0.25, 0.3) is 0 Å². The van der Waals surface area contributed by atoms with E-state index in [9.17, 15) is 4.57 Å². The lowest BCUT2D eigenvalue weighted by atomic mass is 10.4. The van der Waals surface area contributed by atoms with Gasteiger partial charge in [-0.3, -0.25) is 4.57 Å². The van der Waals surface area contributed by atoms with Gasteiger partial charge in [-0.05, 0) is 26.0 Å². The van der Waals surface area contributed by atoms with Crippen LogP contribution in [0.5, 0.6) is 0 Å². The number of hydrogen-bond acceptors (Lipinski definition) is 5. The average Bonchev–Trinajstić information content (AvgIpc) is 2.90. The van der Waals surface area contributed by atoms with Crippen molar-refractivity contribution in [3.63, 3.8) is 0 Å². The molecule has 20 heavy (non-hydrogen) atoms. The van der Waals surface area contributed by atoms with Crippen molar-refractivity contribution in [2.24, 2.45) is 0 Å². The van der Waals surface area contributed by atoms with Gasteiger partial charge in [0.25, 0.3) is 0 Å². The van der Waals surface area contributed by atoms with Crippen LogP contribution in [0.4, 0.5) is 0 Å². The maximum Gasteiger partial charge on any atom is 0.360 e. The summed E-state index contributed by atoms with van der Waals surface area (Å²) < 4.78 is 28.8. The predicted octanol–water partition coefficient (Wildman–Crippen LogP) is 4.63. The summed E-state index contributed by atoms with van der Waals surface area (Å²) in [4.78, 5) is 1.12. The standard InChI is InChI=1S/C14H19O4PS/c1-3-17-19(15,18-4-2)12-10-14(16-11-12)20-13-8-6-5-7-9-13/h5-9,11,14H,3-4,10H2,1-2H3. The first-order valence-corrected chi connectivity index (χ1v) is 9.06. The van der Waals surface area contributed by atoms with Crippen LogP contribution < -0.4 is 0 Å². The van der Waals surface area contributed by atoms with Crippen molar-refractivity contribution >= 4 is 19.4 Å². The molecule has 1 aromatic carbocycles. The van der Waals surface area contributed by atoms with Crippen molar-refractivity contribution in [2.45, 2.75) is 30.6 Å². The number of hydrogen-bond donors (Lipinski definition) is 0. The molecule has 0 radical (unpaired) electrons. The van der Waals surface area contributed by atoms with Gasteiger partial charge in [-0.25, -0.2) is 0 Å². The van der Waals surface area contributed by atoms with Gasteiger partial charge in [0, 0.05) is 11.3 Å². The van der Waals surface area contributed by atoms with E-state index < -0.39 is 7.60 Å². The van der Waals surface area contributed by atoms with Crippen LogP contribution in [0.15, 0.2) is 46.8 Å². The highest BCUT2D eigenvalue weighted by Gasteiger charge is 2.36. The molecule has 4 nitrogen and oxygen atoms in total. The molecule has 1 atom stereocenters. The lowest BCUT2D eigenvalue weighted by Gasteiger charge is -2.17. The van der Waals surface area contributed by atoms with Crippen LogP contribution in [-0.2, 0) is 18.3 Å². The predicted molar refractivity (Wildman–Crippen MR) is 80.7 cm³/mol. The smallest absolute Gasteiger partial charge is 0.360 e. The first kappa shape index (κ1) is 15.6. The molecule has 1 aromatic rings. The molecule has 0 amide bonds. The lowest BCUT2D eigenvalue weighted by molar-refractivity contribution is 0.225. The Balaban J connectivity index is 1.98. The van der Waals surface area contributed by atoms with Gasteiger partial charge in [-0.15, -0.1) is 0 Å². The van der Waals surface area contributed by atoms with Gasteiger partial charge >= 0.3 is 7.60 Å². The zero-order chi connectivity index (χ0) is 14.4. The second kappa shape index (κ2) is 7.32. The van der Waals surface area contributed by atoms with Gasteiger partial charge < -0.3 is 13.8 Å². The van der Waals surface area contributed by atoms with Crippen molar-refractivity contribution < 1.29 is 18.3 Å². The molecule has 6 heteroatoms. The Hall–Kier alpha value is -0.740. The van der Waals surface area contributed by atoms with Gasteiger partial charge in [-0.1, -0.05) is 30.0 Å². The van der Waals surface area contributed by atoms with E-state index >= 15 is 0 Å². The van der Waals surface area contributed by atoms with E-state index in [0.29, 0.717) is 24.9 Å². The molecule has 0 saturated heterocycles. The summed E-state index contributed by atoms with van der Waals surface area (Å²) in [6.45, 7) is 4.31. The minimum Gasteiger partial charge on any atom is -0.486 e. The molecule has 0 spiro atoms. The van der Waals surface area contributed by atoms with E-state index in [1.807, 2.05) is 30.3 Å². The maximum atomic E-state index is 12.6. The van der Waals surface area contributed by atoms with E-state index in [1.165, 1.54) is 6.26 Å². The maximum absolute atomic E-state index is 12.6. The van der Waals surface area contributed by atoms with Crippen LogP contribution in [0.3, 0.4) is 0 Å². The Morgan fingerprint density at radius 2 is 1.90 bits per heavy atom.